The van der Waals surface area contributed by atoms with E-state index in [0.717, 1.165) is 38.1 Å². The third kappa shape index (κ3) is 13.8. The molecular weight excluding hydrogens is 544 g/mol. The molecule has 3 amide bonds. The van der Waals surface area contributed by atoms with Crippen LogP contribution in [-0.2, 0) is 23.9 Å². The van der Waals surface area contributed by atoms with Gasteiger partial charge in [-0.15, -0.1) is 0 Å². The number of likely N-dealkylation sites (tertiary alicyclic amines) is 2. The van der Waals surface area contributed by atoms with Gasteiger partial charge in [-0.05, 0) is 91.1 Å². The molecule has 3 aliphatic rings. The van der Waals surface area contributed by atoms with Crippen LogP contribution in [0, 0.1) is 5.92 Å². The predicted molar refractivity (Wildman–Crippen MR) is 173 cm³/mol. The molecule has 0 unspecified atom stereocenters. The molecular formula is C34H62N4O5. The molecule has 3 rings (SSSR count). The number of rotatable bonds is 10. The summed E-state index contributed by atoms with van der Waals surface area (Å²) in [5.41, 5.74) is 0.499. The topological polar surface area (TPSA) is 99.3 Å². The smallest absolute Gasteiger partial charge is 0.329 e. The number of amides is 3. The van der Waals surface area contributed by atoms with Crippen LogP contribution in [-0.4, -0.2) is 96.3 Å². The van der Waals surface area contributed by atoms with Gasteiger partial charge in [0.1, 0.15) is 12.1 Å². The first-order valence-electron chi connectivity index (χ1n) is 16.8. The SMILES string of the molecule is C/C(=C\[C@H](C(C)C)N(C)C(=O)CNC=O)C(=O)N1CCC[C@H]1C(=O)OC1CCCCC1.CC(C)N1CCCCC1.CCC. The van der Waals surface area contributed by atoms with Gasteiger partial charge >= 0.3 is 5.97 Å². The Hall–Kier alpha value is -2.42. The lowest BCUT2D eigenvalue weighted by atomic mass is 9.98. The van der Waals surface area contributed by atoms with E-state index in [1.807, 2.05) is 13.8 Å². The van der Waals surface area contributed by atoms with Gasteiger partial charge in [-0.2, -0.15) is 0 Å². The highest BCUT2D eigenvalue weighted by atomic mass is 16.5. The maximum Gasteiger partial charge on any atom is 0.329 e. The van der Waals surface area contributed by atoms with Gasteiger partial charge in [0, 0.05) is 25.2 Å². The van der Waals surface area contributed by atoms with Crippen molar-refractivity contribution in [3.63, 3.8) is 0 Å². The van der Waals surface area contributed by atoms with Crippen molar-refractivity contribution in [2.45, 2.75) is 143 Å². The monoisotopic (exact) mass is 606 g/mol. The number of likely N-dealkylation sites (N-methyl/N-ethyl adjacent to an activating group) is 1. The number of piperidine rings is 1. The van der Waals surface area contributed by atoms with Crippen LogP contribution in [0.15, 0.2) is 11.6 Å². The molecule has 43 heavy (non-hydrogen) atoms. The Morgan fingerprint density at radius 3 is 2.00 bits per heavy atom. The summed E-state index contributed by atoms with van der Waals surface area (Å²) in [5, 5.41) is 2.38. The third-order valence-corrected chi connectivity index (χ3v) is 8.36. The molecule has 0 bridgehead atoms. The molecule has 0 radical (unpaired) electrons. The second-order valence-corrected chi connectivity index (χ2v) is 12.8. The molecule has 0 aromatic carbocycles. The van der Waals surface area contributed by atoms with Crippen molar-refractivity contribution < 1.29 is 23.9 Å². The molecule has 2 heterocycles. The fraction of sp³-hybridized carbons (Fsp3) is 0.824. The number of ether oxygens (including phenoxy) is 1. The van der Waals surface area contributed by atoms with E-state index in [9.17, 15) is 19.2 Å². The predicted octanol–water partition coefficient (Wildman–Crippen LogP) is 5.33. The van der Waals surface area contributed by atoms with E-state index in [4.69, 9.17) is 4.74 Å². The minimum absolute atomic E-state index is 0.0274. The Bertz CT molecular complexity index is 863. The van der Waals surface area contributed by atoms with Gasteiger partial charge in [0.05, 0.1) is 12.6 Å². The Kier molecular flexibility index (Phi) is 19.1. The average Bonchev–Trinajstić information content (AvgIpc) is 3.49. The molecule has 0 spiro atoms. The van der Waals surface area contributed by atoms with E-state index in [1.54, 1.807) is 24.9 Å². The van der Waals surface area contributed by atoms with Gasteiger partial charge in [0.25, 0.3) is 0 Å². The zero-order valence-corrected chi connectivity index (χ0v) is 28.5. The maximum absolute atomic E-state index is 13.2. The number of hydrogen-bond acceptors (Lipinski definition) is 6. The van der Waals surface area contributed by atoms with Crippen LogP contribution in [0.5, 0.6) is 0 Å². The van der Waals surface area contributed by atoms with Crippen LogP contribution < -0.4 is 5.32 Å². The number of nitrogens with zero attached hydrogens (tertiary/aromatic N) is 3. The Morgan fingerprint density at radius 2 is 1.49 bits per heavy atom. The molecule has 2 saturated heterocycles. The Labute approximate surface area is 262 Å². The first-order valence-corrected chi connectivity index (χ1v) is 16.8. The summed E-state index contributed by atoms with van der Waals surface area (Å²) in [6.45, 7) is 17.6. The van der Waals surface area contributed by atoms with E-state index >= 15 is 0 Å². The standard InChI is InChI=1S/C23H37N3O5.C8H17N.C3H8/c1-16(2)20(25(4)21(28)14-24-15-27)13-17(3)22(29)26-12-8-11-19(26)23(30)31-18-9-6-5-7-10-18;1-8(2)9-6-4-3-5-7-9;1-3-2/h13,15-16,18-20H,5-12,14H2,1-4H3,(H,24,27);8H,3-7H2,1-2H3;3H2,1-2H3/b17-13+;;/t19-,20+;;/m0../s1. The summed E-state index contributed by atoms with van der Waals surface area (Å²) >= 11 is 0. The molecule has 0 aromatic rings. The highest BCUT2D eigenvalue weighted by Crippen LogP contribution is 2.26. The van der Waals surface area contributed by atoms with Gasteiger partial charge in [-0.3, -0.25) is 14.4 Å². The summed E-state index contributed by atoms with van der Waals surface area (Å²) in [6, 6.07) is -0.0723. The lowest BCUT2D eigenvalue weighted by molar-refractivity contribution is -0.158. The second-order valence-electron chi connectivity index (χ2n) is 12.8. The Morgan fingerprint density at radius 1 is 0.907 bits per heavy atom. The summed E-state index contributed by atoms with van der Waals surface area (Å²) < 4.78 is 5.72. The Balaban J connectivity index is 0.000000641. The fourth-order valence-electron chi connectivity index (χ4n) is 5.84. The molecule has 9 heteroatoms. The lowest BCUT2D eigenvalue weighted by Crippen LogP contribution is -2.45. The molecule has 1 saturated carbocycles. The van der Waals surface area contributed by atoms with Crippen molar-refractivity contribution in [3.05, 3.63) is 11.6 Å². The van der Waals surface area contributed by atoms with Gasteiger partial charge in [0.2, 0.25) is 18.2 Å². The lowest BCUT2D eigenvalue weighted by Gasteiger charge is -2.31. The van der Waals surface area contributed by atoms with E-state index in [1.165, 1.54) is 50.1 Å². The number of hydrogen-bond donors (Lipinski definition) is 1. The molecule has 1 N–H and O–H groups in total. The molecule has 3 fully saturated rings. The molecule has 2 aliphatic heterocycles. The molecule has 0 aromatic heterocycles. The number of carbonyl (C=O) groups excluding carboxylic acids is 4. The maximum atomic E-state index is 13.2. The van der Waals surface area contributed by atoms with E-state index < -0.39 is 6.04 Å². The van der Waals surface area contributed by atoms with Crippen LogP contribution in [0.2, 0.25) is 0 Å². The molecule has 1 aliphatic carbocycles. The minimum Gasteiger partial charge on any atom is -0.461 e. The van der Waals surface area contributed by atoms with Crippen molar-refractivity contribution in [2.24, 2.45) is 5.92 Å². The molecule has 2 atom stereocenters. The minimum atomic E-state index is -0.536. The number of carbonyl (C=O) groups is 4. The summed E-state index contributed by atoms with van der Waals surface area (Å²) in [4.78, 5) is 54.4. The van der Waals surface area contributed by atoms with Crippen molar-refractivity contribution >= 4 is 24.2 Å². The number of esters is 1. The van der Waals surface area contributed by atoms with Crippen molar-refractivity contribution in [2.75, 3.05) is 33.2 Å². The van der Waals surface area contributed by atoms with Gasteiger partial charge in [0.15, 0.2) is 0 Å². The van der Waals surface area contributed by atoms with Crippen molar-refractivity contribution in [3.8, 4) is 0 Å². The van der Waals surface area contributed by atoms with Crippen LogP contribution in [0.4, 0.5) is 0 Å². The first kappa shape index (κ1) is 38.6. The van der Waals surface area contributed by atoms with Crippen molar-refractivity contribution in [1.82, 2.24) is 20.0 Å². The average molecular weight is 607 g/mol. The second kappa shape index (κ2) is 21.3. The third-order valence-electron chi connectivity index (χ3n) is 8.36. The largest absolute Gasteiger partial charge is 0.461 e. The zero-order chi connectivity index (χ0) is 32.4. The van der Waals surface area contributed by atoms with Crippen LogP contribution >= 0.6 is 0 Å². The van der Waals surface area contributed by atoms with Gasteiger partial charge in [-0.25, -0.2) is 4.79 Å². The molecule has 248 valence electrons. The number of nitrogens with one attached hydrogen (secondary N) is 1. The van der Waals surface area contributed by atoms with E-state index in [2.05, 4.69) is 37.9 Å². The zero-order valence-electron chi connectivity index (χ0n) is 28.5. The summed E-state index contributed by atoms with van der Waals surface area (Å²) in [7, 11) is 1.66. The van der Waals surface area contributed by atoms with E-state index in [-0.39, 0.29) is 42.4 Å². The van der Waals surface area contributed by atoms with Crippen LogP contribution in [0.25, 0.3) is 0 Å². The fourth-order valence-corrected chi connectivity index (χ4v) is 5.84. The summed E-state index contributed by atoms with van der Waals surface area (Å²) in [6.07, 6.45) is 14.3. The normalized spacial score (nSPS) is 20.4. The highest BCUT2D eigenvalue weighted by Gasteiger charge is 2.37. The summed E-state index contributed by atoms with van der Waals surface area (Å²) in [5.74, 6) is -0.658. The quantitative estimate of drug-likeness (QED) is 0.205. The van der Waals surface area contributed by atoms with E-state index in [0.29, 0.717) is 24.9 Å². The van der Waals surface area contributed by atoms with Crippen LogP contribution in [0.3, 0.4) is 0 Å². The van der Waals surface area contributed by atoms with Gasteiger partial charge < -0.3 is 24.8 Å². The van der Waals surface area contributed by atoms with Crippen LogP contribution in [0.1, 0.15) is 119 Å². The molecule has 9 nitrogen and oxygen atoms in total. The van der Waals surface area contributed by atoms with Crippen molar-refractivity contribution in [1.29, 1.82) is 0 Å². The van der Waals surface area contributed by atoms with Gasteiger partial charge in [-0.1, -0.05) is 53.0 Å². The first-order chi connectivity index (χ1) is 20.5. The highest BCUT2D eigenvalue weighted by molar-refractivity contribution is 5.96.